The average molecular weight is 422 g/mol. The van der Waals surface area contributed by atoms with Gasteiger partial charge in [-0.05, 0) is 30.5 Å². The number of para-hydroxylation sites is 1. The fraction of sp³-hybridized carbons (Fsp3) is 0.440. The maximum absolute atomic E-state index is 13.4. The quantitative estimate of drug-likeness (QED) is 0.751. The van der Waals surface area contributed by atoms with Gasteiger partial charge in [0, 0.05) is 31.9 Å². The van der Waals surface area contributed by atoms with E-state index in [0.29, 0.717) is 13.1 Å². The molecule has 1 aliphatic carbocycles. The highest BCUT2D eigenvalue weighted by atomic mass is 16.3. The zero-order valence-electron chi connectivity index (χ0n) is 17.9. The van der Waals surface area contributed by atoms with E-state index in [1.807, 2.05) is 48.5 Å². The fourth-order valence-corrected chi connectivity index (χ4v) is 4.91. The van der Waals surface area contributed by atoms with E-state index in [0.717, 1.165) is 50.0 Å². The molecule has 0 bridgehead atoms. The van der Waals surface area contributed by atoms with Gasteiger partial charge in [0.25, 0.3) is 0 Å². The van der Waals surface area contributed by atoms with Gasteiger partial charge in [-0.25, -0.2) is 0 Å². The molecule has 1 saturated carbocycles. The molecular formula is C25H31N3O3. The number of anilines is 1. The van der Waals surface area contributed by atoms with E-state index >= 15 is 0 Å². The lowest BCUT2D eigenvalue weighted by molar-refractivity contribution is -0.139. The Bertz CT molecular complexity index is 873. The summed E-state index contributed by atoms with van der Waals surface area (Å²) in [6, 6.07) is 19.1. The summed E-state index contributed by atoms with van der Waals surface area (Å²) in [5, 5.41) is 12.8. The molecule has 0 radical (unpaired) electrons. The van der Waals surface area contributed by atoms with Gasteiger partial charge in [0.15, 0.2) is 0 Å². The lowest BCUT2D eigenvalue weighted by Crippen LogP contribution is -2.58. The Morgan fingerprint density at radius 3 is 2.06 bits per heavy atom. The van der Waals surface area contributed by atoms with Crippen LogP contribution in [-0.4, -0.2) is 60.6 Å². The maximum Gasteiger partial charge on any atom is 0.247 e. The zero-order valence-corrected chi connectivity index (χ0v) is 17.9. The maximum atomic E-state index is 13.4. The monoisotopic (exact) mass is 421 g/mol. The predicted octanol–water partition coefficient (Wildman–Crippen LogP) is 2.32. The summed E-state index contributed by atoms with van der Waals surface area (Å²) in [7, 11) is 0. The first-order chi connectivity index (χ1) is 15.1. The van der Waals surface area contributed by atoms with Crippen molar-refractivity contribution in [1.29, 1.82) is 0 Å². The van der Waals surface area contributed by atoms with Crippen molar-refractivity contribution >= 4 is 17.5 Å². The van der Waals surface area contributed by atoms with Crippen molar-refractivity contribution < 1.29 is 14.7 Å². The SMILES string of the molecule is O=C([C@H](CO)NC(=O)C1(c2ccccc2)CCCC1)N1CCN(c2ccccc2)CC1. The molecule has 2 aromatic rings. The van der Waals surface area contributed by atoms with E-state index in [2.05, 4.69) is 22.3 Å². The van der Waals surface area contributed by atoms with Gasteiger partial charge in [-0.2, -0.15) is 0 Å². The van der Waals surface area contributed by atoms with Crippen LogP contribution in [0.15, 0.2) is 60.7 Å². The van der Waals surface area contributed by atoms with E-state index in [9.17, 15) is 14.7 Å². The fourth-order valence-electron chi connectivity index (χ4n) is 4.91. The van der Waals surface area contributed by atoms with Crippen LogP contribution in [-0.2, 0) is 15.0 Å². The van der Waals surface area contributed by atoms with Crippen molar-refractivity contribution in [3.8, 4) is 0 Å². The van der Waals surface area contributed by atoms with E-state index in [-0.39, 0.29) is 11.8 Å². The summed E-state index contributed by atoms with van der Waals surface area (Å²) in [5.74, 6) is -0.351. The normalized spacial score (nSPS) is 19.1. The van der Waals surface area contributed by atoms with Gasteiger partial charge in [-0.3, -0.25) is 9.59 Å². The molecule has 0 aromatic heterocycles. The minimum absolute atomic E-state index is 0.147. The van der Waals surface area contributed by atoms with Crippen LogP contribution in [0.25, 0.3) is 0 Å². The third-order valence-corrected chi connectivity index (χ3v) is 6.72. The Morgan fingerprint density at radius 1 is 0.903 bits per heavy atom. The summed E-state index contributed by atoms with van der Waals surface area (Å²) in [5.41, 5.74) is 1.53. The first-order valence-corrected chi connectivity index (χ1v) is 11.2. The average Bonchev–Trinajstić information content (AvgIpc) is 3.35. The molecule has 4 rings (SSSR count). The van der Waals surface area contributed by atoms with Crippen LogP contribution < -0.4 is 10.2 Å². The molecular weight excluding hydrogens is 390 g/mol. The molecule has 6 heteroatoms. The number of aliphatic hydroxyl groups excluding tert-OH is 1. The largest absolute Gasteiger partial charge is 0.394 e. The van der Waals surface area contributed by atoms with E-state index in [4.69, 9.17) is 0 Å². The van der Waals surface area contributed by atoms with Crippen molar-refractivity contribution in [1.82, 2.24) is 10.2 Å². The van der Waals surface area contributed by atoms with Crippen LogP contribution in [0.4, 0.5) is 5.69 Å². The molecule has 2 N–H and O–H groups in total. The Morgan fingerprint density at radius 2 is 1.48 bits per heavy atom. The van der Waals surface area contributed by atoms with Crippen molar-refractivity contribution in [3.63, 3.8) is 0 Å². The summed E-state index contributed by atoms with van der Waals surface area (Å²) >= 11 is 0. The Balaban J connectivity index is 1.40. The first-order valence-electron chi connectivity index (χ1n) is 11.2. The number of nitrogens with zero attached hydrogens (tertiary/aromatic N) is 2. The van der Waals surface area contributed by atoms with Gasteiger partial charge in [-0.15, -0.1) is 0 Å². The molecule has 1 aliphatic heterocycles. The van der Waals surface area contributed by atoms with E-state index in [1.165, 1.54) is 0 Å². The summed E-state index contributed by atoms with van der Waals surface area (Å²) in [6.07, 6.45) is 3.51. The molecule has 1 atom stereocenters. The third-order valence-electron chi connectivity index (χ3n) is 6.72. The molecule has 2 aromatic carbocycles. The smallest absolute Gasteiger partial charge is 0.247 e. The number of piperazine rings is 1. The molecule has 1 heterocycles. The second-order valence-corrected chi connectivity index (χ2v) is 8.51. The molecule has 2 aliphatic rings. The van der Waals surface area contributed by atoms with Crippen LogP contribution in [0.3, 0.4) is 0 Å². The first kappa shape index (κ1) is 21.4. The number of aliphatic hydroxyl groups is 1. The van der Waals surface area contributed by atoms with Crippen molar-refractivity contribution in [2.75, 3.05) is 37.7 Å². The number of nitrogens with one attached hydrogen (secondary N) is 1. The standard InChI is InChI=1S/C25H31N3O3/c29-19-22(23(30)28-17-15-27(16-18-28)21-11-5-2-6-12-21)26-24(31)25(13-7-8-14-25)20-9-3-1-4-10-20/h1-6,9-12,22,29H,7-8,13-19H2,(H,26,31)/t22-/m0/s1. The second kappa shape index (κ2) is 9.52. The number of amides is 2. The number of hydrogen-bond donors (Lipinski definition) is 2. The number of carbonyl (C=O) groups excluding carboxylic acids is 2. The lowest BCUT2D eigenvalue weighted by atomic mass is 9.78. The summed E-state index contributed by atoms with van der Waals surface area (Å²) < 4.78 is 0. The van der Waals surface area contributed by atoms with E-state index < -0.39 is 18.1 Å². The zero-order chi connectivity index (χ0) is 21.7. The van der Waals surface area contributed by atoms with E-state index in [1.54, 1.807) is 4.90 Å². The lowest BCUT2D eigenvalue weighted by Gasteiger charge is -2.38. The summed E-state index contributed by atoms with van der Waals surface area (Å²) in [6.45, 7) is 2.22. The van der Waals surface area contributed by atoms with Crippen LogP contribution >= 0.6 is 0 Å². The Labute approximate surface area is 183 Å². The van der Waals surface area contributed by atoms with Gasteiger partial charge in [0.05, 0.1) is 12.0 Å². The van der Waals surface area contributed by atoms with Crippen molar-refractivity contribution in [3.05, 3.63) is 66.2 Å². The number of hydrogen-bond acceptors (Lipinski definition) is 4. The Kier molecular flexibility index (Phi) is 6.56. The number of carbonyl (C=O) groups is 2. The molecule has 31 heavy (non-hydrogen) atoms. The van der Waals surface area contributed by atoms with Crippen LogP contribution in [0.1, 0.15) is 31.2 Å². The highest BCUT2D eigenvalue weighted by Gasteiger charge is 2.44. The Hall–Kier alpha value is -2.86. The number of benzene rings is 2. The van der Waals surface area contributed by atoms with Crippen LogP contribution in [0.2, 0.25) is 0 Å². The minimum Gasteiger partial charge on any atom is -0.394 e. The molecule has 0 spiro atoms. The minimum atomic E-state index is -0.906. The second-order valence-electron chi connectivity index (χ2n) is 8.51. The van der Waals surface area contributed by atoms with Gasteiger partial charge < -0.3 is 20.2 Å². The third kappa shape index (κ3) is 4.44. The highest BCUT2D eigenvalue weighted by Crippen LogP contribution is 2.41. The van der Waals surface area contributed by atoms with Gasteiger partial charge in [0.2, 0.25) is 11.8 Å². The van der Waals surface area contributed by atoms with Crippen LogP contribution in [0, 0.1) is 0 Å². The molecule has 2 amide bonds. The molecule has 2 fully saturated rings. The molecule has 6 nitrogen and oxygen atoms in total. The van der Waals surface area contributed by atoms with Crippen molar-refractivity contribution in [2.45, 2.75) is 37.1 Å². The molecule has 164 valence electrons. The highest BCUT2D eigenvalue weighted by molar-refractivity contribution is 5.93. The van der Waals surface area contributed by atoms with Gasteiger partial charge in [0.1, 0.15) is 6.04 Å². The predicted molar refractivity (Wildman–Crippen MR) is 121 cm³/mol. The van der Waals surface area contributed by atoms with Gasteiger partial charge >= 0.3 is 0 Å². The van der Waals surface area contributed by atoms with Crippen LogP contribution in [0.5, 0.6) is 0 Å². The molecule has 0 unspecified atom stereocenters. The summed E-state index contributed by atoms with van der Waals surface area (Å²) in [4.78, 5) is 30.5. The number of rotatable bonds is 6. The topological polar surface area (TPSA) is 72.9 Å². The molecule has 1 saturated heterocycles. The van der Waals surface area contributed by atoms with Crippen molar-refractivity contribution in [2.24, 2.45) is 0 Å². The van der Waals surface area contributed by atoms with Gasteiger partial charge in [-0.1, -0.05) is 61.4 Å².